The van der Waals surface area contributed by atoms with Crippen LogP contribution in [0.4, 0.5) is 0 Å². The molecular formula is C44H43N2O6+. The van der Waals surface area contributed by atoms with E-state index in [1.807, 2.05) is 48.8 Å². The third-order valence-electron chi connectivity index (χ3n) is 10.5. The van der Waals surface area contributed by atoms with Crippen LogP contribution in [0.5, 0.6) is 23.0 Å². The normalized spacial score (nSPS) is 17.9. The molecule has 1 aliphatic carbocycles. The zero-order chi connectivity index (χ0) is 36.2. The lowest BCUT2D eigenvalue weighted by atomic mass is 9.69. The number of ketones is 1. The van der Waals surface area contributed by atoms with Crippen molar-refractivity contribution in [2.45, 2.75) is 43.6 Å². The molecule has 5 atom stereocenters. The molecule has 0 amide bonds. The lowest BCUT2D eigenvalue weighted by molar-refractivity contribution is -0.125. The number of carbonyl (C=O) groups excluding carboxylic acids is 1. The van der Waals surface area contributed by atoms with Gasteiger partial charge < -0.3 is 29.8 Å². The molecule has 0 saturated heterocycles. The van der Waals surface area contributed by atoms with Crippen LogP contribution in [0.2, 0.25) is 0 Å². The van der Waals surface area contributed by atoms with Gasteiger partial charge in [0.05, 0.1) is 26.4 Å². The number of aromatic hydroxyl groups is 2. The number of allylic oxidation sites excluding steroid dienone is 3. The number of phenolic OH excluding ortho intramolecular Hbond substituents is 2. The largest absolute Gasteiger partial charge is 0.504 e. The number of nitrogens with zero attached hydrogens (tertiary/aromatic N) is 1. The number of aromatic amines is 1. The third kappa shape index (κ3) is 7.07. The number of carbonyl (C=O) groups is 1. The number of hydrogen-bond donors (Lipinski definition) is 4. The van der Waals surface area contributed by atoms with Gasteiger partial charge in [-0.2, -0.15) is 0 Å². The van der Waals surface area contributed by atoms with Gasteiger partial charge in [-0.05, 0) is 76.1 Å². The highest BCUT2D eigenvalue weighted by Crippen LogP contribution is 2.50. The molecule has 0 unspecified atom stereocenters. The number of aliphatic hydroxyl groups excluding tert-OH is 1. The fourth-order valence-electron chi connectivity index (χ4n) is 7.96. The van der Waals surface area contributed by atoms with Crippen LogP contribution in [-0.2, 0) is 17.6 Å². The Hall–Kier alpha value is -5.73. The highest BCUT2D eigenvalue weighted by Gasteiger charge is 2.38. The Morgan fingerprint density at radius 3 is 2.48 bits per heavy atom. The molecule has 1 aromatic heterocycles. The minimum atomic E-state index is -0.992. The summed E-state index contributed by atoms with van der Waals surface area (Å²) < 4.78 is 11.2. The number of aliphatic imine (C=N–C) groups is 1. The van der Waals surface area contributed by atoms with Crippen LogP contribution < -0.4 is 9.47 Å². The summed E-state index contributed by atoms with van der Waals surface area (Å²) in [5.41, 5.74) is 5.69. The second-order valence-corrected chi connectivity index (χ2v) is 13.7. The number of phenols is 2. The Balaban J connectivity index is 1.24. The first kappa shape index (κ1) is 34.7. The molecule has 4 N–H and O–H groups in total. The van der Waals surface area contributed by atoms with E-state index in [-0.39, 0.29) is 41.5 Å². The van der Waals surface area contributed by atoms with Gasteiger partial charge in [-0.15, -0.1) is 4.99 Å². The molecule has 2 aliphatic rings. The number of benzene rings is 4. The highest BCUT2D eigenvalue weighted by molar-refractivity contribution is 5.88. The summed E-state index contributed by atoms with van der Waals surface area (Å²) in [6.07, 6.45) is 12.1. The minimum absolute atomic E-state index is 0.0332. The number of Topliss-reactive ketones (excluding diaryl/α,β-unsaturated/α-hetero) is 1. The summed E-state index contributed by atoms with van der Waals surface area (Å²) in [7, 11) is 3.07. The van der Waals surface area contributed by atoms with E-state index in [1.54, 1.807) is 44.1 Å². The van der Waals surface area contributed by atoms with Crippen LogP contribution in [0, 0.1) is 18.4 Å². The maximum Gasteiger partial charge on any atom is 0.176 e. The average molecular weight is 696 g/mol. The van der Waals surface area contributed by atoms with Gasteiger partial charge in [-0.3, -0.25) is 4.79 Å². The average Bonchev–Trinajstić information content (AvgIpc) is 3.89. The van der Waals surface area contributed by atoms with Gasteiger partial charge in [0.2, 0.25) is 0 Å². The molecular weight excluding hydrogens is 652 g/mol. The van der Waals surface area contributed by atoms with Crippen LogP contribution in [0.15, 0.2) is 120 Å². The van der Waals surface area contributed by atoms with Crippen molar-refractivity contribution in [1.82, 2.24) is 4.98 Å². The Labute approximate surface area is 303 Å². The van der Waals surface area contributed by atoms with E-state index in [0.717, 1.165) is 44.2 Å². The van der Waals surface area contributed by atoms with E-state index in [4.69, 9.17) is 9.47 Å². The highest BCUT2D eigenvalue weighted by atomic mass is 16.5. The van der Waals surface area contributed by atoms with E-state index < -0.39 is 12.0 Å². The lowest BCUT2D eigenvalue weighted by Gasteiger charge is -2.36. The van der Waals surface area contributed by atoms with E-state index in [2.05, 4.69) is 46.4 Å². The van der Waals surface area contributed by atoms with Crippen LogP contribution in [0.1, 0.15) is 52.5 Å². The predicted octanol–water partition coefficient (Wildman–Crippen LogP) is 7.98. The summed E-state index contributed by atoms with van der Waals surface area (Å²) in [6.45, 7) is 1.71. The Bertz CT molecular complexity index is 2140. The molecule has 0 saturated carbocycles. The number of aromatic nitrogens is 1. The smallest absolute Gasteiger partial charge is 0.176 e. The van der Waals surface area contributed by atoms with Crippen LogP contribution >= 0.6 is 0 Å². The van der Waals surface area contributed by atoms with Gasteiger partial charge >= 0.3 is 0 Å². The first-order chi connectivity index (χ1) is 25.3. The molecule has 2 heterocycles. The summed E-state index contributed by atoms with van der Waals surface area (Å²) in [4.78, 5) is 21.7. The van der Waals surface area contributed by atoms with Crippen molar-refractivity contribution in [3.8, 4) is 23.0 Å². The zero-order valence-corrected chi connectivity index (χ0v) is 29.3. The fourth-order valence-corrected chi connectivity index (χ4v) is 7.96. The van der Waals surface area contributed by atoms with Crippen molar-refractivity contribution in [2.75, 3.05) is 14.2 Å². The van der Waals surface area contributed by atoms with E-state index in [9.17, 15) is 20.1 Å². The number of methoxy groups -OCH3 is 2. The zero-order valence-electron chi connectivity index (χ0n) is 29.3. The van der Waals surface area contributed by atoms with Gasteiger partial charge in [-0.25, -0.2) is 0 Å². The molecule has 5 aromatic rings. The predicted molar refractivity (Wildman–Crippen MR) is 203 cm³/mol. The van der Waals surface area contributed by atoms with Gasteiger partial charge in [0, 0.05) is 48.6 Å². The maximum absolute atomic E-state index is 14.3. The molecule has 7 rings (SSSR count). The van der Waals surface area contributed by atoms with E-state index in [1.165, 1.54) is 7.11 Å². The number of aliphatic hydroxyl groups is 1. The number of hydrogen-bond acceptors (Lipinski definition) is 7. The molecule has 0 radical (unpaired) electrons. The fraction of sp³-hybridized carbons (Fsp3) is 0.250. The summed E-state index contributed by atoms with van der Waals surface area (Å²) >= 11 is 0. The monoisotopic (exact) mass is 695 g/mol. The van der Waals surface area contributed by atoms with Crippen molar-refractivity contribution in [3.63, 3.8) is 0 Å². The van der Waals surface area contributed by atoms with Gasteiger partial charge in [-0.1, -0.05) is 66.7 Å². The standard InChI is InChI=1S/C44H42N2O6/c1-51-42-23-27(10-14-38(42)47)20-31(21-28-16-18-45-25-28)40(49)24-41(50)37(22-29-17-19-46-26-29)34-11-12-35(43-36(34)13-15-39(48)44(43)52-2)33-9-5-7-30-6-3-4-8-32(30)33/h3-19,23,25-26,31,34-35,37,41,46,50H,20-22,24H2,1-2H3,(H-,47,48)/p+1/t31-,34-,35+,37+,41+/m0/s1. The number of H-pyrrole nitrogens is 1. The van der Waals surface area contributed by atoms with E-state index in [0.29, 0.717) is 30.8 Å². The summed E-state index contributed by atoms with van der Waals surface area (Å²) in [5, 5.41) is 35.7. The molecule has 8 heteroatoms. The first-order valence-electron chi connectivity index (χ1n) is 17.6. The molecule has 52 heavy (non-hydrogen) atoms. The first-order valence-corrected chi connectivity index (χ1v) is 17.6. The summed E-state index contributed by atoms with van der Waals surface area (Å²) in [6, 6.07) is 25.2. The minimum Gasteiger partial charge on any atom is -0.504 e. The molecule has 0 bridgehead atoms. The number of rotatable bonds is 14. The number of ether oxygens (including phenoxy) is 2. The van der Waals surface area contributed by atoms with E-state index >= 15 is 0 Å². The summed E-state index contributed by atoms with van der Waals surface area (Å²) in [5.74, 6) is -0.546. The lowest BCUT2D eigenvalue weighted by Crippen LogP contribution is -2.33. The van der Waals surface area contributed by atoms with Gasteiger partial charge in [0.1, 0.15) is 17.9 Å². The van der Waals surface area contributed by atoms with Gasteiger partial charge in [0.15, 0.2) is 29.2 Å². The van der Waals surface area contributed by atoms with Crippen molar-refractivity contribution < 1.29 is 29.6 Å². The molecule has 1 aliphatic heterocycles. The Morgan fingerprint density at radius 1 is 0.885 bits per heavy atom. The van der Waals surface area contributed by atoms with Crippen molar-refractivity contribution >= 4 is 22.8 Å². The third-order valence-corrected chi connectivity index (χ3v) is 10.5. The van der Waals surface area contributed by atoms with Crippen LogP contribution in [0.25, 0.3) is 10.8 Å². The molecule has 4 aromatic carbocycles. The molecule has 0 spiro atoms. The van der Waals surface area contributed by atoms with Crippen LogP contribution in [-0.4, -0.2) is 52.6 Å². The quantitative estimate of drug-likeness (QED) is 0.0690. The Morgan fingerprint density at radius 2 is 1.71 bits per heavy atom. The van der Waals surface area contributed by atoms with Crippen molar-refractivity contribution in [1.29, 1.82) is 0 Å². The van der Waals surface area contributed by atoms with Gasteiger partial charge in [0.25, 0.3) is 0 Å². The second-order valence-electron chi connectivity index (χ2n) is 13.7. The maximum atomic E-state index is 14.3. The van der Waals surface area contributed by atoms with Crippen molar-refractivity contribution in [2.24, 2.45) is 16.8 Å². The SMILES string of the molecule is COc1cc(C[C@@H](CC2=C[CH+]N=C2)C(=O)C[C@@H](O)[C@H](Cc2cc[nH]c2)[C@H]2C=C[C@H](c3cccc4ccccc34)c3c2ccc(O)c3OC)ccc1O. The Kier molecular flexibility index (Phi) is 10.2. The topological polar surface area (TPSA) is 124 Å². The second kappa shape index (κ2) is 15.3. The molecule has 0 fully saturated rings. The number of fused-ring (bicyclic) bond motifs is 2. The van der Waals surface area contributed by atoms with Crippen LogP contribution in [0.3, 0.4) is 0 Å². The number of nitrogens with one attached hydrogen (secondary N) is 1. The van der Waals surface area contributed by atoms with Crippen molar-refractivity contribution in [3.05, 3.63) is 149 Å². The molecule has 264 valence electrons. The molecule has 8 nitrogen and oxygen atoms in total.